The number of para-hydroxylation sites is 2. The lowest BCUT2D eigenvalue weighted by Crippen LogP contribution is -2.23. The lowest BCUT2D eigenvalue weighted by atomic mass is 10.2. The molecule has 0 aliphatic rings. The van der Waals surface area contributed by atoms with Gasteiger partial charge in [0.1, 0.15) is 11.5 Å². The molecule has 2 amide bonds. The minimum Gasteiger partial charge on any atom is -0.483 e. The minimum absolute atomic E-state index is 0.00999. The summed E-state index contributed by atoms with van der Waals surface area (Å²) in [6.07, 6.45) is -4.51. The maximum Gasteiger partial charge on any atom is 0.422 e. The number of nitrogens with one attached hydrogen (secondary N) is 1. The van der Waals surface area contributed by atoms with Crippen molar-refractivity contribution in [2.24, 2.45) is 5.73 Å². The lowest BCUT2D eigenvalue weighted by Gasteiger charge is -2.14. The van der Waals surface area contributed by atoms with Crippen LogP contribution in [-0.4, -0.2) is 31.2 Å². The Bertz CT molecular complexity index is 843. The Morgan fingerprint density at radius 1 is 1.07 bits per heavy atom. The number of carbonyl (C=O) groups excluding carboxylic acids is 2. The van der Waals surface area contributed by atoms with E-state index in [4.69, 9.17) is 22.1 Å². The van der Waals surface area contributed by atoms with Gasteiger partial charge < -0.3 is 20.5 Å². The monoisotopic (exact) mass is 402 g/mol. The molecule has 0 radical (unpaired) electrons. The van der Waals surface area contributed by atoms with Crippen LogP contribution in [0.3, 0.4) is 0 Å². The van der Waals surface area contributed by atoms with E-state index < -0.39 is 31.2 Å². The Morgan fingerprint density at radius 2 is 1.78 bits per heavy atom. The molecule has 2 aromatic rings. The van der Waals surface area contributed by atoms with Crippen LogP contribution in [0.5, 0.6) is 11.5 Å². The number of hydrogen-bond acceptors (Lipinski definition) is 4. The smallest absolute Gasteiger partial charge is 0.422 e. The van der Waals surface area contributed by atoms with Gasteiger partial charge in [0, 0.05) is 5.02 Å². The van der Waals surface area contributed by atoms with E-state index in [0.717, 1.165) is 0 Å². The SMILES string of the molecule is NC(=O)c1cc(Cl)ccc1OCC(=O)Nc1ccccc1OCC(F)(F)F. The van der Waals surface area contributed by atoms with Gasteiger partial charge in [0.2, 0.25) is 0 Å². The van der Waals surface area contributed by atoms with Crippen molar-refractivity contribution < 1.29 is 32.2 Å². The molecule has 3 N–H and O–H groups in total. The van der Waals surface area contributed by atoms with Crippen molar-refractivity contribution >= 4 is 29.1 Å². The molecule has 0 saturated carbocycles. The number of carbonyl (C=O) groups is 2. The third kappa shape index (κ3) is 6.37. The fraction of sp³-hybridized carbons (Fsp3) is 0.176. The number of alkyl halides is 3. The molecule has 0 aliphatic heterocycles. The van der Waals surface area contributed by atoms with Crippen LogP contribution in [-0.2, 0) is 4.79 Å². The number of ether oxygens (including phenoxy) is 2. The topological polar surface area (TPSA) is 90.7 Å². The highest BCUT2D eigenvalue weighted by Crippen LogP contribution is 2.26. The number of anilines is 1. The first-order chi connectivity index (χ1) is 12.7. The first kappa shape index (κ1) is 20.4. The van der Waals surface area contributed by atoms with E-state index in [-0.39, 0.29) is 27.8 Å². The average molecular weight is 403 g/mol. The quantitative estimate of drug-likeness (QED) is 0.742. The van der Waals surface area contributed by atoms with Crippen molar-refractivity contribution in [3.8, 4) is 11.5 Å². The van der Waals surface area contributed by atoms with Crippen LogP contribution in [0.25, 0.3) is 0 Å². The average Bonchev–Trinajstić information content (AvgIpc) is 2.59. The molecular weight excluding hydrogens is 389 g/mol. The fourth-order valence-corrected chi connectivity index (χ4v) is 2.18. The molecule has 27 heavy (non-hydrogen) atoms. The van der Waals surface area contributed by atoms with Crippen LogP contribution in [0, 0.1) is 0 Å². The molecule has 0 heterocycles. The van der Waals surface area contributed by atoms with Crippen LogP contribution < -0.4 is 20.5 Å². The zero-order valence-electron chi connectivity index (χ0n) is 13.7. The molecule has 0 saturated heterocycles. The zero-order valence-corrected chi connectivity index (χ0v) is 14.4. The van der Waals surface area contributed by atoms with Gasteiger partial charge in [-0.1, -0.05) is 23.7 Å². The molecule has 6 nitrogen and oxygen atoms in total. The number of amides is 2. The molecule has 144 valence electrons. The molecule has 0 spiro atoms. The number of hydrogen-bond donors (Lipinski definition) is 2. The summed E-state index contributed by atoms with van der Waals surface area (Å²) >= 11 is 5.77. The van der Waals surface area contributed by atoms with Crippen molar-refractivity contribution in [1.82, 2.24) is 0 Å². The van der Waals surface area contributed by atoms with E-state index in [1.165, 1.54) is 42.5 Å². The second kappa shape index (κ2) is 8.63. The Hall–Kier alpha value is -2.94. The van der Waals surface area contributed by atoms with Gasteiger partial charge in [-0.05, 0) is 30.3 Å². The Kier molecular flexibility index (Phi) is 6.51. The number of primary amides is 1. The summed E-state index contributed by atoms with van der Waals surface area (Å²) in [4.78, 5) is 23.4. The molecule has 0 aliphatic carbocycles. The summed E-state index contributed by atoms with van der Waals surface area (Å²) in [6.45, 7) is -2.02. The molecule has 2 aromatic carbocycles. The first-order valence-electron chi connectivity index (χ1n) is 7.46. The van der Waals surface area contributed by atoms with Gasteiger partial charge in [-0.15, -0.1) is 0 Å². The maximum absolute atomic E-state index is 12.3. The van der Waals surface area contributed by atoms with Gasteiger partial charge in [-0.3, -0.25) is 9.59 Å². The largest absolute Gasteiger partial charge is 0.483 e. The van der Waals surface area contributed by atoms with E-state index in [0.29, 0.717) is 0 Å². The molecule has 0 aromatic heterocycles. The highest BCUT2D eigenvalue weighted by molar-refractivity contribution is 6.31. The van der Waals surface area contributed by atoms with Crippen molar-refractivity contribution in [2.75, 3.05) is 18.5 Å². The van der Waals surface area contributed by atoms with Gasteiger partial charge >= 0.3 is 6.18 Å². The van der Waals surface area contributed by atoms with Crippen molar-refractivity contribution in [1.29, 1.82) is 0 Å². The van der Waals surface area contributed by atoms with Crippen LogP contribution >= 0.6 is 11.6 Å². The molecule has 0 atom stereocenters. The van der Waals surface area contributed by atoms with Gasteiger partial charge in [0.05, 0.1) is 11.3 Å². The third-order valence-corrected chi connectivity index (χ3v) is 3.35. The van der Waals surface area contributed by atoms with E-state index in [1.807, 2.05) is 0 Å². The van der Waals surface area contributed by atoms with Gasteiger partial charge in [-0.25, -0.2) is 0 Å². The third-order valence-electron chi connectivity index (χ3n) is 3.12. The fourth-order valence-electron chi connectivity index (χ4n) is 2.01. The highest BCUT2D eigenvalue weighted by atomic mass is 35.5. The van der Waals surface area contributed by atoms with Crippen molar-refractivity contribution in [2.45, 2.75) is 6.18 Å². The van der Waals surface area contributed by atoms with Crippen LogP contribution in [0.1, 0.15) is 10.4 Å². The van der Waals surface area contributed by atoms with E-state index >= 15 is 0 Å². The molecule has 10 heteroatoms. The Morgan fingerprint density at radius 3 is 2.44 bits per heavy atom. The summed E-state index contributed by atoms with van der Waals surface area (Å²) in [5.74, 6) is -1.57. The Labute approximate surface area is 157 Å². The van der Waals surface area contributed by atoms with Gasteiger partial charge in [-0.2, -0.15) is 13.2 Å². The number of halogens is 4. The minimum atomic E-state index is -4.51. The predicted octanol–water partition coefficient (Wildman–Crippen LogP) is 3.40. The number of benzene rings is 2. The van der Waals surface area contributed by atoms with Crippen LogP contribution in [0.15, 0.2) is 42.5 Å². The summed E-state index contributed by atoms with van der Waals surface area (Å²) in [5.41, 5.74) is 5.25. The normalized spacial score (nSPS) is 11.0. The summed E-state index contributed by atoms with van der Waals surface area (Å²) < 4.78 is 46.8. The first-order valence-corrected chi connectivity index (χ1v) is 7.84. The zero-order chi connectivity index (χ0) is 20.0. The molecule has 2 rings (SSSR count). The maximum atomic E-state index is 12.3. The lowest BCUT2D eigenvalue weighted by molar-refractivity contribution is -0.153. The van der Waals surface area contributed by atoms with E-state index in [9.17, 15) is 22.8 Å². The molecular formula is C17H14ClF3N2O4. The van der Waals surface area contributed by atoms with Crippen LogP contribution in [0.2, 0.25) is 5.02 Å². The standard InChI is InChI=1S/C17H14ClF3N2O4/c18-10-5-6-13(11(7-10)16(22)25)26-8-15(24)23-12-3-1-2-4-14(12)27-9-17(19,20)21/h1-7H,8-9H2,(H2,22,25)(H,23,24). The Balaban J connectivity index is 2.02. The summed E-state index contributed by atoms with van der Waals surface area (Å²) in [6, 6.07) is 9.74. The number of nitrogens with two attached hydrogens (primary N) is 1. The summed E-state index contributed by atoms with van der Waals surface area (Å²) in [5, 5.41) is 2.64. The molecule has 0 bridgehead atoms. The number of rotatable bonds is 7. The van der Waals surface area contributed by atoms with Crippen molar-refractivity contribution in [3.05, 3.63) is 53.1 Å². The second-order valence-electron chi connectivity index (χ2n) is 5.24. The van der Waals surface area contributed by atoms with Crippen LogP contribution in [0.4, 0.5) is 18.9 Å². The highest BCUT2D eigenvalue weighted by Gasteiger charge is 2.28. The van der Waals surface area contributed by atoms with Gasteiger partial charge in [0.15, 0.2) is 13.2 Å². The summed E-state index contributed by atoms with van der Waals surface area (Å²) in [7, 11) is 0. The van der Waals surface area contributed by atoms with E-state index in [2.05, 4.69) is 10.1 Å². The molecule has 0 unspecified atom stereocenters. The van der Waals surface area contributed by atoms with Crippen molar-refractivity contribution in [3.63, 3.8) is 0 Å². The molecule has 0 fully saturated rings. The van der Waals surface area contributed by atoms with E-state index in [1.54, 1.807) is 0 Å². The van der Waals surface area contributed by atoms with Gasteiger partial charge in [0.25, 0.3) is 11.8 Å². The predicted molar refractivity (Wildman–Crippen MR) is 92.1 cm³/mol. The second-order valence-corrected chi connectivity index (χ2v) is 5.68.